The molecule has 0 radical (unpaired) electrons. The van der Waals surface area contributed by atoms with E-state index >= 15 is 0 Å². The van der Waals surface area contributed by atoms with Gasteiger partial charge in [-0.15, -0.1) is 0 Å². The third-order valence-corrected chi connectivity index (χ3v) is 5.93. The number of anilines is 1. The lowest BCUT2D eigenvalue weighted by Crippen LogP contribution is -2.36. The first-order valence-electron chi connectivity index (χ1n) is 11.0. The second-order valence-electron chi connectivity index (χ2n) is 8.00. The molecular weight excluding hydrogens is 408 g/mol. The zero-order valence-electron chi connectivity index (χ0n) is 18.0. The predicted molar refractivity (Wildman–Crippen MR) is 123 cm³/mol. The molecular formula is C23H26N6O3. The molecule has 1 fully saturated rings. The molecule has 0 bridgehead atoms. The Morgan fingerprint density at radius 3 is 2.56 bits per heavy atom. The highest BCUT2D eigenvalue weighted by Gasteiger charge is 2.19. The maximum absolute atomic E-state index is 12.7. The molecule has 9 heteroatoms. The van der Waals surface area contributed by atoms with Crippen LogP contribution in [-0.4, -0.2) is 56.4 Å². The second-order valence-corrected chi connectivity index (χ2v) is 8.00. The number of aromatic amines is 2. The second kappa shape index (κ2) is 8.51. The number of hydrogen-bond donors (Lipinski definition) is 3. The fraction of sp³-hybridized carbons (Fsp3) is 0.348. The number of phenolic OH excluding ortho intramolecular Hbond substituents is 1. The Hall–Kier alpha value is -3.59. The molecule has 0 amide bonds. The maximum atomic E-state index is 12.7. The fourth-order valence-electron chi connectivity index (χ4n) is 4.17. The first kappa shape index (κ1) is 20.3. The van der Waals surface area contributed by atoms with Crippen molar-refractivity contribution < 1.29 is 9.84 Å². The normalized spacial score (nSPS) is 14.3. The van der Waals surface area contributed by atoms with E-state index in [0.29, 0.717) is 35.8 Å². The average Bonchev–Trinajstić information content (AvgIpc) is 3.40. The van der Waals surface area contributed by atoms with E-state index in [1.165, 1.54) is 4.57 Å². The standard InChI is InChI=1S/C23H26N6O3/c1-2-3-4-19-17-13-18(21(30)14-20(17)25-24-19)22-26-27-23(31)29(22)16-7-5-15(6-8-16)28-9-11-32-12-10-28/h5-8,13-14,30H,2-4,9-12H2,1H3,(H,24,25)(H,27,31). The van der Waals surface area contributed by atoms with Gasteiger partial charge in [0.25, 0.3) is 0 Å². The largest absolute Gasteiger partial charge is 0.507 e. The number of H-pyrrole nitrogens is 2. The lowest BCUT2D eigenvalue weighted by Gasteiger charge is -2.28. The van der Waals surface area contributed by atoms with Crippen molar-refractivity contribution in [2.75, 3.05) is 31.2 Å². The van der Waals surface area contributed by atoms with E-state index in [2.05, 4.69) is 32.2 Å². The Bertz CT molecular complexity index is 1280. The van der Waals surface area contributed by atoms with Gasteiger partial charge >= 0.3 is 5.69 Å². The van der Waals surface area contributed by atoms with Crippen LogP contribution in [0.25, 0.3) is 28.0 Å². The number of phenols is 1. The van der Waals surface area contributed by atoms with E-state index in [1.54, 1.807) is 6.07 Å². The highest BCUT2D eigenvalue weighted by Crippen LogP contribution is 2.33. The number of unbranched alkanes of at least 4 members (excludes halogenated alkanes) is 1. The molecule has 0 aliphatic carbocycles. The zero-order chi connectivity index (χ0) is 22.1. The average molecular weight is 435 g/mol. The molecule has 0 unspecified atom stereocenters. The summed E-state index contributed by atoms with van der Waals surface area (Å²) in [5.74, 6) is 0.382. The Morgan fingerprint density at radius 2 is 1.81 bits per heavy atom. The van der Waals surface area contributed by atoms with Crippen molar-refractivity contribution in [3.63, 3.8) is 0 Å². The molecule has 0 atom stereocenters. The van der Waals surface area contributed by atoms with Gasteiger partial charge in [-0.2, -0.15) is 10.2 Å². The highest BCUT2D eigenvalue weighted by atomic mass is 16.5. The molecule has 5 rings (SSSR count). The summed E-state index contributed by atoms with van der Waals surface area (Å²) in [7, 11) is 0. The first-order chi connectivity index (χ1) is 15.7. The number of ether oxygens (including phenoxy) is 1. The summed E-state index contributed by atoms with van der Waals surface area (Å²) < 4.78 is 6.90. The first-order valence-corrected chi connectivity index (χ1v) is 11.0. The number of morpholine rings is 1. The summed E-state index contributed by atoms with van der Waals surface area (Å²) >= 11 is 0. The summed E-state index contributed by atoms with van der Waals surface area (Å²) in [6.07, 6.45) is 2.98. The molecule has 3 N–H and O–H groups in total. The smallest absolute Gasteiger partial charge is 0.348 e. The molecule has 3 heterocycles. The number of aromatic nitrogens is 5. The van der Waals surface area contributed by atoms with Crippen LogP contribution >= 0.6 is 0 Å². The molecule has 166 valence electrons. The Morgan fingerprint density at radius 1 is 1.06 bits per heavy atom. The zero-order valence-corrected chi connectivity index (χ0v) is 18.0. The van der Waals surface area contributed by atoms with Crippen LogP contribution in [0.15, 0.2) is 41.2 Å². The van der Waals surface area contributed by atoms with Crippen molar-refractivity contribution in [3.8, 4) is 22.8 Å². The molecule has 0 spiro atoms. The summed E-state index contributed by atoms with van der Waals surface area (Å²) in [6, 6.07) is 11.2. The van der Waals surface area contributed by atoms with E-state index in [1.807, 2.05) is 30.3 Å². The highest BCUT2D eigenvalue weighted by molar-refractivity contribution is 5.89. The van der Waals surface area contributed by atoms with Gasteiger partial charge in [0.1, 0.15) is 5.75 Å². The number of hydrogen-bond acceptors (Lipinski definition) is 6. The van der Waals surface area contributed by atoms with Crippen LogP contribution in [0.4, 0.5) is 5.69 Å². The van der Waals surface area contributed by atoms with Crippen molar-refractivity contribution in [1.82, 2.24) is 25.0 Å². The van der Waals surface area contributed by atoms with Crippen molar-refractivity contribution in [3.05, 3.63) is 52.6 Å². The predicted octanol–water partition coefficient (Wildman–Crippen LogP) is 2.99. The van der Waals surface area contributed by atoms with Gasteiger partial charge in [-0.05, 0) is 43.2 Å². The Kier molecular flexibility index (Phi) is 5.40. The number of rotatable bonds is 6. The van der Waals surface area contributed by atoms with E-state index in [4.69, 9.17) is 4.74 Å². The molecule has 32 heavy (non-hydrogen) atoms. The molecule has 1 aliphatic rings. The quantitative estimate of drug-likeness (QED) is 0.430. The molecule has 1 saturated heterocycles. The van der Waals surface area contributed by atoms with Crippen LogP contribution in [0.5, 0.6) is 5.75 Å². The van der Waals surface area contributed by atoms with E-state index in [9.17, 15) is 9.90 Å². The van der Waals surface area contributed by atoms with E-state index in [-0.39, 0.29) is 11.4 Å². The van der Waals surface area contributed by atoms with Crippen LogP contribution in [0.3, 0.4) is 0 Å². The lowest BCUT2D eigenvalue weighted by molar-refractivity contribution is 0.122. The number of nitrogens with zero attached hydrogens (tertiary/aromatic N) is 4. The number of fused-ring (bicyclic) bond motifs is 1. The van der Waals surface area contributed by atoms with Gasteiger partial charge in [-0.25, -0.2) is 14.5 Å². The molecule has 2 aromatic carbocycles. The minimum Gasteiger partial charge on any atom is -0.507 e. The van der Waals surface area contributed by atoms with Gasteiger partial charge in [0.05, 0.1) is 30.0 Å². The van der Waals surface area contributed by atoms with Crippen LogP contribution in [0.1, 0.15) is 25.5 Å². The van der Waals surface area contributed by atoms with Gasteiger partial charge in [0.2, 0.25) is 0 Å². The Balaban J connectivity index is 1.54. The summed E-state index contributed by atoms with van der Waals surface area (Å²) in [5.41, 5.74) is 3.58. The van der Waals surface area contributed by atoms with Gasteiger partial charge in [-0.1, -0.05) is 13.3 Å². The van der Waals surface area contributed by atoms with Crippen LogP contribution in [-0.2, 0) is 11.2 Å². The van der Waals surface area contributed by atoms with Crippen molar-refractivity contribution in [1.29, 1.82) is 0 Å². The molecule has 4 aromatic rings. The summed E-state index contributed by atoms with van der Waals surface area (Å²) in [6.45, 7) is 5.25. The lowest BCUT2D eigenvalue weighted by atomic mass is 10.1. The Labute approximate surface area is 184 Å². The van der Waals surface area contributed by atoms with Crippen molar-refractivity contribution >= 4 is 16.6 Å². The minimum atomic E-state index is -0.364. The summed E-state index contributed by atoms with van der Waals surface area (Å²) in [4.78, 5) is 14.9. The monoisotopic (exact) mass is 434 g/mol. The third-order valence-electron chi connectivity index (χ3n) is 5.93. The number of aromatic hydroxyl groups is 1. The van der Waals surface area contributed by atoms with Gasteiger partial charge in [0, 0.05) is 35.9 Å². The molecule has 1 aliphatic heterocycles. The number of nitrogens with one attached hydrogen (secondary N) is 2. The summed E-state index contributed by atoms with van der Waals surface area (Å²) in [5, 5.41) is 25.8. The maximum Gasteiger partial charge on any atom is 0.348 e. The minimum absolute atomic E-state index is 0.0243. The van der Waals surface area contributed by atoms with Gasteiger partial charge < -0.3 is 14.7 Å². The van der Waals surface area contributed by atoms with Crippen LogP contribution in [0, 0.1) is 0 Å². The molecule has 2 aromatic heterocycles. The van der Waals surface area contributed by atoms with Crippen molar-refractivity contribution in [2.45, 2.75) is 26.2 Å². The van der Waals surface area contributed by atoms with E-state index < -0.39 is 0 Å². The molecule has 0 saturated carbocycles. The third kappa shape index (κ3) is 3.64. The van der Waals surface area contributed by atoms with Gasteiger partial charge in [-0.3, -0.25) is 5.10 Å². The number of aryl methyl sites for hydroxylation is 1. The number of benzene rings is 2. The topological polar surface area (TPSA) is 112 Å². The SMILES string of the molecule is CCCCc1[nH]nc2cc(O)c(-c3n[nH]c(=O)n3-c3ccc(N4CCOCC4)cc3)cc12. The van der Waals surface area contributed by atoms with Crippen molar-refractivity contribution in [2.24, 2.45) is 0 Å². The fourth-order valence-corrected chi connectivity index (χ4v) is 4.17. The molecule has 9 nitrogen and oxygen atoms in total. The van der Waals surface area contributed by atoms with Crippen LogP contribution < -0.4 is 10.6 Å². The van der Waals surface area contributed by atoms with Gasteiger partial charge in [0.15, 0.2) is 5.82 Å². The van der Waals surface area contributed by atoms with Crippen LogP contribution in [0.2, 0.25) is 0 Å². The van der Waals surface area contributed by atoms with E-state index in [0.717, 1.165) is 49.1 Å².